The van der Waals surface area contributed by atoms with Gasteiger partial charge < -0.3 is 11.1 Å². The molecular weight excluding hydrogens is 326 g/mol. The number of fused-ring (bicyclic) bond motifs is 1. The number of halogens is 1. The van der Waals surface area contributed by atoms with Crippen molar-refractivity contribution in [2.45, 2.75) is 25.7 Å². The summed E-state index contributed by atoms with van der Waals surface area (Å²) in [5, 5.41) is 13.7. The molecule has 1 saturated heterocycles. The van der Waals surface area contributed by atoms with Crippen LogP contribution in [0.25, 0.3) is 11.2 Å². The van der Waals surface area contributed by atoms with Crippen molar-refractivity contribution in [1.29, 1.82) is 0 Å². The molecule has 2 aromatic heterocycles. The lowest BCUT2D eigenvalue weighted by atomic mass is 9.95. The van der Waals surface area contributed by atoms with Crippen molar-refractivity contribution in [1.82, 2.24) is 24.9 Å². The minimum absolute atomic E-state index is 0.267. The highest BCUT2D eigenvalue weighted by Gasteiger charge is 2.24. The van der Waals surface area contributed by atoms with Gasteiger partial charge in [-0.2, -0.15) is 14.7 Å². The molecule has 0 saturated carbocycles. The van der Waals surface area contributed by atoms with E-state index >= 15 is 0 Å². The SMILES string of the molecule is C=NN(C)/C=C(\C)c1cnn2c(N)c(Cl)c(C3CCCNC3)nc12. The smallest absolute Gasteiger partial charge is 0.165 e. The van der Waals surface area contributed by atoms with Gasteiger partial charge in [-0.1, -0.05) is 11.6 Å². The molecular formula is C16H22ClN7. The second-order valence-corrected chi connectivity index (χ2v) is 6.44. The number of rotatable bonds is 4. The van der Waals surface area contributed by atoms with Crippen molar-refractivity contribution in [2.24, 2.45) is 5.10 Å². The quantitative estimate of drug-likeness (QED) is 0.655. The van der Waals surface area contributed by atoms with Crippen LogP contribution < -0.4 is 11.1 Å². The first-order chi connectivity index (χ1) is 11.5. The first kappa shape index (κ1) is 16.7. The molecule has 8 heteroatoms. The second kappa shape index (κ2) is 6.78. The van der Waals surface area contributed by atoms with Gasteiger partial charge in [0.05, 0.1) is 11.9 Å². The van der Waals surface area contributed by atoms with Crippen molar-refractivity contribution < 1.29 is 0 Å². The van der Waals surface area contributed by atoms with Crippen molar-refractivity contribution in [3.63, 3.8) is 0 Å². The van der Waals surface area contributed by atoms with Crippen molar-refractivity contribution in [2.75, 3.05) is 25.9 Å². The monoisotopic (exact) mass is 347 g/mol. The van der Waals surface area contributed by atoms with Gasteiger partial charge in [0.2, 0.25) is 0 Å². The first-order valence-electron chi connectivity index (χ1n) is 7.94. The molecule has 1 aliphatic rings. The van der Waals surface area contributed by atoms with Crippen LogP contribution in [0.4, 0.5) is 5.82 Å². The summed E-state index contributed by atoms with van der Waals surface area (Å²) in [6.07, 6.45) is 5.78. The van der Waals surface area contributed by atoms with Crippen LogP contribution in [0.5, 0.6) is 0 Å². The number of nitrogens with zero attached hydrogens (tertiary/aromatic N) is 5. The number of piperidine rings is 1. The minimum atomic E-state index is 0.267. The molecule has 24 heavy (non-hydrogen) atoms. The van der Waals surface area contributed by atoms with E-state index in [2.05, 4.69) is 22.2 Å². The molecule has 3 rings (SSSR count). The Morgan fingerprint density at radius 1 is 1.62 bits per heavy atom. The Labute approximate surface area is 146 Å². The molecule has 0 amide bonds. The molecule has 0 aliphatic carbocycles. The van der Waals surface area contributed by atoms with E-state index in [0.29, 0.717) is 16.5 Å². The number of anilines is 1. The molecule has 1 unspecified atom stereocenters. The fraction of sp³-hybridized carbons (Fsp3) is 0.438. The number of aromatic nitrogens is 3. The van der Waals surface area contributed by atoms with Crippen LogP contribution in [0.3, 0.4) is 0 Å². The third-order valence-electron chi connectivity index (χ3n) is 4.36. The molecule has 7 nitrogen and oxygen atoms in total. The largest absolute Gasteiger partial charge is 0.382 e. The molecule has 1 fully saturated rings. The molecule has 0 spiro atoms. The summed E-state index contributed by atoms with van der Waals surface area (Å²) in [6.45, 7) is 7.39. The van der Waals surface area contributed by atoms with E-state index in [4.69, 9.17) is 22.3 Å². The average molecular weight is 348 g/mol. The lowest BCUT2D eigenvalue weighted by Gasteiger charge is -2.23. The summed E-state index contributed by atoms with van der Waals surface area (Å²) in [6, 6.07) is 0. The van der Waals surface area contributed by atoms with Crippen molar-refractivity contribution >= 4 is 35.4 Å². The van der Waals surface area contributed by atoms with Gasteiger partial charge in [-0.25, -0.2) is 4.98 Å². The van der Waals surface area contributed by atoms with E-state index in [1.807, 2.05) is 20.2 Å². The number of allylic oxidation sites excluding steroid dienone is 1. The fourth-order valence-electron chi connectivity index (χ4n) is 3.04. The van der Waals surface area contributed by atoms with Crippen molar-refractivity contribution in [3.8, 4) is 0 Å². The number of hydrazone groups is 1. The number of hydrogen-bond acceptors (Lipinski definition) is 6. The highest BCUT2D eigenvalue weighted by atomic mass is 35.5. The summed E-state index contributed by atoms with van der Waals surface area (Å²) in [5.74, 6) is 0.694. The number of nitrogens with two attached hydrogens (primary N) is 1. The van der Waals surface area contributed by atoms with Gasteiger partial charge in [-0.3, -0.25) is 5.01 Å². The van der Waals surface area contributed by atoms with Gasteiger partial charge in [-0.15, -0.1) is 0 Å². The molecule has 0 aromatic carbocycles. The Balaban J connectivity index is 2.12. The normalized spacial score (nSPS) is 18.8. The van der Waals surface area contributed by atoms with Crippen LogP contribution in [0.2, 0.25) is 5.02 Å². The van der Waals surface area contributed by atoms with Gasteiger partial charge in [0, 0.05) is 38.0 Å². The predicted molar refractivity (Wildman–Crippen MR) is 98.2 cm³/mol. The molecule has 2 aromatic rings. The lowest BCUT2D eigenvalue weighted by Crippen LogP contribution is -2.29. The van der Waals surface area contributed by atoms with Gasteiger partial charge >= 0.3 is 0 Å². The van der Waals surface area contributed by atoms with Crippen LogP contribution >= 0.6 is 11.6 Å². The maximum atomic E-state index is 6.48. The number of nitrogens with one attached hydrogen (secondary N) is 1. The Morgan fingerprint density at radius 2 is 2.42 bits per heavy atom. The Bertz CT molecular complexity index is 789. The molecule has 0 bridgehead atoms. The number of hydrogen-bond donors (Lipinski definition) is 2. The highest BCUT2D eigenvalue weighted by Crippen LogP contribution is 2.33. The summed E-state index contributed by atoms with van der Waals surface area (Å²) in [4.78, 5) is 4.82. The van der Waals surface area contributed by atoms with Crippen LogP contribution in [0.1, 0.15) is 36.9 Å². The first-order valence-corrected chi connectivity index (χ1v) is 8.32. The van der Waals surface area contributed by atoms with E-state index in [1.165, 1.54) is 0 Å². The maximum absolute atomic E-state index is 6.48. The zero-order valence-corrected chi connectivity index (χ0v) is 14.7. The molecule has 1 atom stereocenters. The van der Waals surface area contributed by atoms with Crippen LogP contribution in [-0.2, 0) is 0 Å². The second-order valence-electron chi connectivity index (χ2n) is 6.06. The van der Waals surface area contributed by atoms with Gasteiger partial charge in [0.25, 0.3) is 0 Å². The standard InChI is InChI=1S/C16H22ClN7/c1-10(9-23(3)19-2)12-8-21-24-15(18)13(17)14(22-16(12)24)11-5-4-6-20-7-11/h8-9,11,20H,2,4-7,18H2,1,3H3/b10-9+. The average Bonchev–Trinajstić information content (AvgIpc) is 3.02. The van der Waals surface area contributed by atoms with Gasteiger partial charge in [0.15, 0.2) is 5.65 Å². The Hall–Kier alpha value is -2.12. The summed E-state index contributed by atoms with van der Waals surface area (Å²) >= 11 is 6.48. The molecule has 0 radical (unpaired) electrons. The van der Waals surface area contributed by atoms with E-state index < -0.39 is 0 Å². The maximum Gasteiger partial charge on any atom is 0.165 e. The van der Waals surface area contributed by atoms with Crippen LogP contribution in [0.15, 0.2) is 17.5 Å². The lowest BCUT2D eigenvalue weighted by molar-refractivity contribution is 0.455. The third kappa shape index (κ3) is 2.97. The van der Waals surface area contributed by atoms with E-state index in [1.54, 1.807) is 15.7 Å². The van der Waals surface area contributed by atoms with Crippen LogP contribution in [-0.4, -0.2) is 46.5 Å². The fourth-order valence-corrected chi connectivity index (χ4v) is 3.31. The zero-order valence-electron chi connectivity index (χ0n) is 14.0. The highest BCUT2D eigenvalue weighted by molar-refractivity contribution is 6.33. The Morgan fingerprint density at radius 3 is 3.08 bits per heavy atom. The van der Waals surface area contributed by atoms with Crippen molar-refractivity contribution in [3.05, 3.63) is 28.7 Å². The summed E-state index contributed by atoms with van der Waals surface area (Å²) < 4.78 is 1.59. The summed E-state index contributed by atoms with van der Waals surface area (Å²) in [5.41, 5.74) is 9.65. The van der Waals surface area contributed by atoms with Crippen LogP contribution in [0, 0.1) is 0 Å². The third-order valence-corrected chi connectivity index (χ3v) is 4.75. The Kier molecular flexibility index (Phi) is 4.73. The molecule has 3 heterocycles. The molecule has 3 N–H and O–H groups in total. The van der Waals surface area contributed by atoms with E-state index in [0.717, 1.165) is 42.8 Å². The number of nitrogen functional groups attached to an aromatic ring is 1. The van der Waals surface area contributed by atoms with Gasteiger partial charge in [0.1, 0.15) is 10.8 Å². The van der Waals surface area contributed by atoms with Gasteiger partial charge in [-0.05, 0) is 31.9 Å². The molecule has 128 valence electrons. The zero-order chi connectivity index (χ0) is 17.3. The minimum Gasteiger partial charge on any atom is -0.382 e. The summed E-state index contributed by atoms with van der Waals surface area (Å²) in [7, 11) is 1.82. The topological polar surface area (TPSA) is 83.8 Å². The van der Waals surface area contributed by atoms with E-state index in [9.17, 15) is 0 Å². The molecule has 1 aliphatic heterocycles. The predicted octanol–water partition coefficient (Wildman–Crippen LogP) is 2.34. The van der Waals surface area contributed by atoms with E-state index in [-0.39, 0.29) is 5.92 Å².